The van der Waals surface area contributed by atoms with Crippen molar-refractivity contribution in [2.24, 2.45) is 0 Å². The minimum atomic E-state index is -3.64. The lowest BCUT2D eigenvalue weighted by molar-refractivity contribution is 0.0600. The second-order valence-electron chi connectivity index (χ2n) is 4.60. The van der Waals surface area contributed by atoms with Gasteiger partial charge in [-0.2, -0.15) is 0 Å². The van der Waals surface area contributed by atoms with E-state index in [1.807, 2.05) is 0 Å². The normalized spacial score (nSPS) is 11.4. The van der Waals surface area contributed by atoms with Gasteiger partial charge in [0.15, 0.2) is 0 Å². The molecule has 0 saturated carbocycles. The molecule has 22 heavy (non-hydrogen) atoms. The molecule has 2 aromatic rings. The van der Waals surface area contributed by atoms with Gasteiger partial charge in [-0.25, -0.2) is 17.9 Å². The van der Waals surface area contributed by atoms with E-state index in [-0.39, 0.29) is 11.4 Å². The number of benzene rings is 1. The molecule has 0 atom stereocenters. The van der Waals surface area contributed by atoms with Crippen molar-refractivity contribution in [1.29, 1.82) is 0 Å². The van der Waals surface area contributed by atoms with E-state index >= 15 is 0 Å². The van der Waals surface area contributed by atoms with E-state index in [4.69, 9.17) is 4.52 Å². The van der Waals surface area contributed by atoms with E-state index in [0.717, 1.165) is 5.69 Å². The van der Waals surface area contributed by atoms with Crippen molar-refractivity contribution in [3.8, 4) is 0 Å². The molecule has 0 amide bonds. The second-order valence-corrected chi connectivity index (χ2v) is 6.37. The molecule has 118 valence electrons. The summed E-state index contributed by atoms with van der Waals surface area (Å²) in [6, 6.07) is 7.26. The number of esters is 1. The summed E-state index contributed by atoms with van der Waals surface area (Å²) >= 11 is 0. The number of nitrogens with one attached hydrogen (secondary N) is 1. The van der Waals surface area contributed by atoms with Gasteiger partial charge in [0.25, 0.3) is 0 Å². The molecule has 0 spiro atoms. The molecular formula is C14H16N2O5S. The minimum Gasteiger partial charge on any atom is -0.465 e. The first-order valence-electron chi connectivity index (χ1n) is 6.52. The van der Waals surface area contributed by atoms with Crippen LogP contribution in [0.1, 0.15) is 21.8 Å². The number of sulfonamides is 1. The predicted molar refractivity (Wildman–Crippen MR) is 77.9 cm³/mol. The van der Waals surface area contributed by atoms with Gasteiger partial charge in [-0.3, -0.25) is 0 Å². The lowest BCUT2D eigenvalue weighted by Crippen LogP contribution is -2.26. The number of hydrogen-bond donors (Lipinski definition) is 1. The van der Waals surface area contributed by atoms with Crippen LogP contribution in [0.4, 0.5) is 0 Å². The van der Waals surface area contributed by atoms with Gasteiger partial charge in [0.1, 0.15) is 5.76 Å². The van der Waals surface area contributed by atoms with Crippen LogP contribution < -0.4 is 4.72 Å². The molecule has 1 heterocycles. The molecule has 0 aliphatic heterocycles. The number of hydrogen-bond acceptors (Lipinski definition) is 6. The molecule has 1 aromatic heterocycles. The zero-order valence-corrected chi connectivity index (χ0v) is 13.0. The maximum absolute atomic E-state index is 12.1. The number of nitrogens with zero attached hydrogens (tertiary/aromatic N) is 1. The zero-order chi connectivity index (χ0) is 16.2. The molecule has 8 heteroatoms. The molecule has 1 aromatic carbocycles. The fraction of sp³-hybridized carbons (Fsp3) is 0.286. The molecule has 0 fully saturated rings. The number of aryl methyl sites for hydroxylation is 1. The Morgan fingerprint density at radius 1 is 1.32 bits per heavy atom. The van der Waals surface area contributed by atoms with Crippen molar-refractivity contribution in [3.63, 3.8) is 0 Å². The number of rotatable bonds is 6. The van der Waals surface area contributed by atoms with Crippen LogP contribution in [0.25, 0.3) is 0 Å². The van der Waals surface area contributed by atoms with Crippen molar-refractivity contribution >= 4 is 16.0 Å². The maximum atomic E-state index is 12.1. The SMILES string of the molecule is COC(=O)c1ccc(S(=O)(=O)NCCc2cc(C)no2)cc1. The summed E-state index contributed by atoms with van der Waals surface area (Å²) < 4.78 is 36.2. The van der Waals surface area contributed by atoms with Crippen LogP contribution in [-0.2, 0) is 21.2 Å². The lowest BCUT2D eigenvalue weighted by atomic mass is 10.2. The highest BCUT2D eigenvalue weighted by atomic mass is 32.2. The van der Waals surface area contributed by atoms with Gasteiger partial charge in [0.2, 0.25) is 10.0 Å². The van der Waals surface area contributed by atoms with Gasteiger partial charge in [-0.05, 0) is 31.2 Å². The smallest absolute Gasteiger partial charge is 0.337 e. The van der Waals surface area contributed by atoms with Crippen LogP contribution in [-0.4, -0.2) is 33.2 Å². The molecule has 0 aliphatic rings. The molecule has 1 N–H and O–H groups in total. The van der Waals surface area contributed by atoms with Crippen LogP contribution in [0.5, 0.6) is 0 Å². The summed E-state index contributed by atoms with van der Waals surface area (Å²) in [6.45, 7) is 1.98. The number of carbonyl (C=O) groups is 1. The highest BCUT2D eigenvalue weighted by Gasteiger charge is 2.15. The first kappa shape index (κ1) is 16.2. The van der Waals surface area contributed by atoms with Crippen molar-refractivity contribution in [2.75, 3.05) is 13.7 Å². The van der Waals surface area contributed by atoms with Crippen LogP contribution in [0, 0.1) is 6.92 Å². The molecule has 7 nitrogen and oxygen atoms in total. The van der Waals surface area contributed by atoms with Gasteiger partial charge in [-0.15, -0.1) is 0 Å². The first-order chi connectivity index (χ1) is 10.4. The van der Waals surface area contributed by atoms with E-state index < -0.39 is 16.0 Å². The van der Waals surface area contributed by atoms with Crippen LogP contribution in [0.15, 0.2) is 39.8 Å². The number of ether oxygens (including phenoxy) is 1. The Labute approximate surface area is 128 Å². The number of aromatic nitrogens is 1. The van der Waals surface area contributed by atoms with Crippen molar-refractivity contribution < 1.29 is 22.5 Å². The molecular weight excluding hydrogens is 308 g/mol. The fourth-order valence-electron chi connectivity index (χ4n) is 1.81. The summed E-state index contributed by atoms with van der Waals surface area (Å²) in [4.78, 5) is 11.4. The lowest BCUT2D eigenvalue weighted by Gasteiger charge is -2.06. The quantitative estimate of drug-likeness (QED) is 0.804. The van der Waals surface area contributed by atoms with Crippen LogP contribution in [0.3, 0.4) is 0 Å². The summed E-state index contributed by atoms with van der Waals surface area (Å²) in [5.41, 5.74) is 1.04. The van der Waals surface area contributed by atoms with E-state index in [0.29, 0.717) is 17.7 Å². The summed E-state index contributed by atoms with van der Waals surface area (Å²) in [6.07, 6.45) is 0.403. The Balaban J connectivity index is 1.99. The first-order valence-corrected chi connectivity index (χ1v) is 8.01. The monoisotopic (exact) mass is 324 g/mol. The predicted octanol–water partition coefficient (Wildman–Crippen LogP) is 1.29. The van der Waals surface area contributed by atoms with E-state index in [2.05, 4.69) is 14.6 Å². The topological polar surface area (TPSA) is 98.5 Å². The standard InChI is InChI=1S/C14H16N2O5S/c1-10-9-12(21-16-10)7-8-15-22(18,19)13-5-3-11(4-6-13)14(17)20-2/h3-6,9,15H,7-8H2,1-2H3. The number of methoxy groups -OCH3 is 1. The Hall–Kier alpha value is -2.19. The van der Waals surface area contributed by atoms with Crippen molar-refractivity contribution in [2.45, 2.75) is 18.2 Å². The highest BCUT2D eigenvalue weighted by molar-refractivity contribution is 7.89. The third-order valence-corrected chi connectivity index (χ3v) is 4.40. The molecule has 0 saturated heterocycles. The third-order valence-electron chi connectivity index (χ3n) is 2.93. The maximum Gasteiger partial charge on any atom is 0.337 e. The van der Waals surface area contributed by atoms with Gasteiger partial charge in [-0.1, -0.05) is 5.16 Å². The minimum absolute atomic E-state index is 0.0777. The Bertz CT molecular complexity index is 750. The van der Waals surface area contributed by atoms with E-state index in [1.54, 1.807) is 13.0 Å². The second kappa shape index (κ2) is 6.71. The van der Waals surface area contributed by atoms with Crippen LogP contribution >= 0.6 is 0 Å². The molecule has 2 rings (SSSR count). The summed E-state index contributed by atoms with van der Waals surface area (Å²) in [7, 11) is -2.37. The molecule has 0 bridgehead atoms. The average molecular weight is 324 g/mol. The van der Waals surface area contributed by atoms with Gasteiger partial charge >= 0.3 is 5.97 Å². The van der Waals surface area contributed by atoms with Crippen molar-refractivity contribution in [1.82, 2.24) is 9.88 Å². The van der Waals surface area contributed by atoms with Gasteiger partial charge < -0.3 is 9.26 Å². The average Bonchev–Trinajstić information content (AvgIpc) is 2.92. The Kier molecular flexibility index (Phi) is 4.94. The molecule has 0 radical (unpaired) electrons. The van der Waals surface area contributed by atoms with E-state index in [9.17, 15) is 13.2 Å². The van der Waals surface area contributed by atoms with E-state index in [1.165, 1.54) is 31.4 Å². The van der Waals surface area contributed by atoms with Gasteiger partial charge in [0.05, 0.1) is 23.3 Å². The van der Waals surface area contributed by atoms with Crippen molar-refractivity contribution in [3.05, 3.63) is 47.3 Å². The highest BCUT2D eigenvalue weighted by Crippen LogP contribution is 2.11. The molecule has 0 aliphatic carbocycles. The molecule has 0 unspecified atom stereocenters. The fourth-order valence-corrected chi connectivity index (χ4v) is 2.85. The van der Waals surface area contributed by atoms with Crippen LogP contribution in [0.2, 0.25) is 0 Å². The Morgan fingerprint density at radius 2 is 2.00 bits per heavy atom. The summed E-state index contributed by atoms with van der Waals surface area (Å²) in [5, 5.41) is 3.73. The van der Waals surface area contributed by atoms with Gasteiger partial charge in [0, 0.05) is 19.0 Å². The largest absolute Gasteiger partial charge is 0.465 e. The zero-order valence-electron chi connectivity index (χ0n) is 12.2. The summed E-state index contributed by atoms with van der Waals surface area (Å²) in [5.74, 6) is 0.0961. The number of carbonyl (C=O) groups excluding carboxylic acids is 1. The third kappa shape index (κ3) is 3.92. The Morgan fingerprint density at radius 3 is 2.55 bits per heavy atom.